The number of hydrogen-bond donors (Lipinski definition) is 1. The van der Waals surface area contributed by atoms with Crippen LogP contribution in [0.3, 0.4) is 0 Å². The van der Waals surface area contributed by atoms with Gasteiger partial charge in [0.1, 0.15) is 23.6 Å². The van der Waals surface area contributed by atoms with Crippen molar-refractivity contribution in [3.8, 4) is 17.3 Å². The molecule has 0 bridgehead atoms. The fraction of sp³-hybridized carbons (Fsp3) is 0.444. The third-order valence-electron chi connectivity index (χ3n) is 10.3. The summed E-state index contributed by atoms with van der Waals surface area (Å²) in [6.45, 7) is 9.88. The van der Waals surface area contributed by atoms with E-state index in [1.165, 1.54) is 25.6 Å². The number of ether oxygens (including phenoxy) is 1. The molecule has 0 spiro atoms. The molecule has 0 saturated carbocycles. The SMILES string of the molecule is C1CNC1.C=CC(=O)N1CCC(N(C)c2nc(OCC34CCCN3CCC4)nc3c(F)c(-c4cccc5cccc(Cl)c45)ncc23)C1. The molecule has 47 heavy (non-hydrogen) atoms. The van der Waals surface area contributed by atoms with Crippen LogP contribution in [0.1, 0.15) is 38.5 Å². The number of fused-ring (bicyclic) bond motifs is 3. The smallest absolute Gasteiger partial charge is 0.319 e. The summed E-state index contributed by atoms with van der Waals surface area (Å²) in [6, 6.07) is 11.4. The fourth-order valence-corrected chi connectivity index (χ4v) is 7.72. The zero-order valence-corrected chi connectivity index (χ0v) is 27.6. The predicted octanol–water partition coefficient (Wildman–Crippen LogP) is 5.85. The Hall–Kier alpha value is -3.86. The maximum atomic E-state index is 16.6. The van der Waals surface area contributed by atoms with Gasteiger partial charge in [-0.05, 0) is 82.2 Å². The van der Waals surface area contributed by atoms with Crippen molar-refractivity contribution >= 4 is 45.0 Å². The molecular weight excluding hydrogens is 617 g/mol. The van der Waals surface area contributed by atoms with Crippen LogP contribution in [0, 0.1) is 5.82 Å². The van der Waals surface area contributed by atoms with Crippen LogP contribution >= 0.6 is 11.6 Å². The number of likely N-dealkylation sites (tertiary alicyclic amines) is 1. The summed E-state index contributed by atoms with van der Waals surface area (Å²) in [6.07, 6.45) is 9.56. The van der Waals surface area contributed by atoms with Crippen molar-refractivity contribution in [2.24, 2.45) is 0 Å². The number of aromatic nitrogens is 3. The number of hydrogen-bond acceptors (Lipinski definition) is 8. The van der Waals surface area contributed by atoms with Gasteiger partial charge in [-0.2, -0.15) is 9.97 Å². The summed E-state index contributed by atoms with van der Waals surface area (Å²) >= 11 is 6.60. The van der Waals surface area contributed by atoms with Gasteiger partial charge in [-0.3, -0.25) is 14.7 Å². The second kappa shape index (κ2) is 13.3. The molecule has 4 fully saturated rings. The van der Waals surface area contributed by atoms with Crippen LogP contribution in [0.2, 0.25) is 5.02 Å². The van der Waals surface area contributed by atoms with Crippen molar-refractivity contribution in [1.29, 1.82) is 0 Å². The molecule has 4 saturated heterocycles. The average molecular weight is 658 g/mol. The van der Waals surface area contributed by atoms with Crippen LogP contribution in [-0.2, 0) is 4.79 Å². The lowest BCUT2D eigenvalue weighted by molar-refractivity contribution is -0.125. The van der Waals surface area contributed by atoms with Gasteiger partial charge in [0.25, 0.3) is 0 Å². The minimum atomic E-state index is -0.553. The summed E-state index contributed by atoms with van der Waals surface area (Å²) in [5, 5.41) is 5.76. The topological polar surface area (TPSA) is 86.7 Å². The van der Waals surface area contributed by atoms with Gasteiger partial charge in [-0.1, -0.05) is 48.5 Å². The molecule has 11 heteroatoms. The van der Waals surface area contributed by atoms with E-state index in [-0.39, 0.29) is 34.7 Å². The lowest BCUT2D eigenvalue weighted by atomic mass is 9.95. The molecule has 4 aromatic rings. The highest BCUT2D eigenvalue weighted by molar-refractivity contribution is 6.36. The number of likely N-dealkylation sites (N-methyl/N-ethyl adjacent to an activating group) is 1. The van der Waals surface area contributed by atoms with Crippen molar-refractivity contribution in [2.45, 2.75) is 50.1 Å². The lowest BCUT2D eigenvalue weighted by Gasteiger charge is -2.31. The summed E-state index contributed by atoms with van der Waals surface area (Å²) in [5.74, 6) is -0.127. The van der Waals surface area contributed by atoms with Crippen LogP contribution in [0.15, 0.2) is 55.3 Å². The van der Waals surface area contributed by atoms with Crippen LogP contribution in [0.25, 0.3) is 32.9 Å². The van der Waals surface area contributed by atoms with E-state index in [2.05, 4.69) is 26.8 Å². The third-order valence-corrected chi connectivity index (χ3v) is 10.6. The van der Waals surface area contributed by atoms with E-state index < -0.39 is 5.82 Å². The molecule has 1 N–H and O–H groups in total. The number of carbonyl (C=O) groups is 1. The largest absolute Gasteiger partial charge is 0.461 e. The van der Waals surface area contributed by atoms with Gasteiger partial charge in [0, 0.05) is 48.3 Å². The van der Waals surface area contributed by atoms with Gasteiger partial charge in [0.05, 0.1) is 10.9 Å². The quantitative estimate of drug-likeness (QED) is 0.248. The molecule has 1 unspecified atom stereocenters. The molecule has 4 aliphatic heterocycles. The number of carbonyl (C=O) groups excluding carboxylic acids is 1. The number of halogens is 2. The van der Waals surface area contributed by atoms with Crippen molar-refractivity contribution in [2.75, 3.05) is 57.8 Å². The molecule has 8 rings (SSSR count). The Labute approximate surface area is 279 Å². The highest BCUT2D eigenvalue weighted by Gasteiger charge is 2.45. The number of pyridine rings is 1. The zero-order valence-electron chi connectivity index (χ0n) is 26.9. The average Bonchev–Trinajstić information content (AvgIpc) is 3.79. The van der Waals surface area contributed by atoms with E-state index in [0.29, 0.717) is 41.5 Å². The minimum absolute atomic E-state index is 0.0109. The summed E-state index contributed by atoms with van der Waals surface area (Å²) < 4.78 is 23.0. The van der Waals surface area contributed by atoms with Gasteiger partial charge in [-0.25, -0.2) is 4.39 Å². The minimum Gasteiger partial charge on any atom is -0.461 e. The summed E-state index contributed by atoms with van der Waals surface area (Å²) in [4.78, 5) is 32.7. The second-order valence-corrected chi connectivity index (χ2v) is 13.4. The number of nitrogens with zero attached hydrogens (tertiary/aromatic N) is 6. The van der Waals surface area contributed by atoms with Gasteiger partial charge in [-0.15, -0.1) is 0 Å². The fourth-order valence-electron chi connectivity index (χ4n) is 7.43. The molecule has 0 radical (unpaired) electrons. The van der Waals surface area contributed by atoms with E-state index >= 15 is 4.39 Å². The summed E-state index contributed by atoms with van der Waals surface area (Å²) in [5.41, 5.74) is 0.900. The Bertz CT molecular complexity index is 1800. The van der Waals surface area contributed by atoms with Crippen molar-refractivity contribution in [3.63, 3.8) is 0 Å². The van der Waals surface area contributed by atoms with Gasteiger partial charge >= 0.3 is 6.01 Å². The first-order valence-corrected chi connectivity index (χ1v) is 17.0. The maximum absolute atomic E-state index is 16.6. The number of anilines is 1. The van der Waals surface area contributed by atoms with Crippen LogP contribution < -0.4 is 15.0 Å². The van der Waals surface area contributed by atoms with Crippen molar-refractivity contribution < 1.29 is 13.9 Å². The molecule has 4 aliphatic rings. The lowest BCUT2D eigenvalue weighted by Crippen LogP contribution is -2.43. The first-order chi connectivity index (χ1) is 22.9. The monoisotopic (exact) mass is 657 g/mol. The molecule has 0 aliphatic carbocycles. The van der Waals surface area contributed by atoms with Gasteiger partial charge < -0.3 is 19.9 Å². The molecule has 2 aromatic heterocycles. The van der Waals surface area contributed by atoms with E-state index in [4.69, 9.17) is 21.3 Å². The van der Waals surface area contributed by atoms with Gasteiger partial charge in [0.2, 0.25) is 5.91 Å². The molecule has 2 aromatic carbocycles. The molecule has 1 amide bonds. The Kier molecular flexibility index (Phi) is 9.00. The van der Waals surface area contributed by atoms with Crippen LogP contribution in [-0.4, -0.2) is 95.2 Å². The Balaban J connectivity index is 0.000000818. The first kappa shape index (κ1) is 31.7. The molecule has 6 heterocycles. The maximum Gasteiger partial charge on any atom is 0.319 e. The molecular formula is C36H41ClFN7O2. The molecule has 246 valence electrons. The van der Waals surface area contributed by atoms with Crippen LogP contribution in [0.4, 0.5) is 10.2 Å². The second-order valence-electron chi connectivity index (χ2n) is 13.0. The van der Waals surface area contributed by atoms with E-state index in [1.807, 2.05) is 42.3 Å². The Morgan fingerprint density at radius 2 is 1.87 bits per heavy atom. The van der Waals surface area contributed by atoms with E-state index in [0.717, 1.165) is 56.0 Å². The first-order valence-electron chi connectivity index (χ1n) is 16.7. The molecule has 9 nitrogen and oxygen atoms in total. The van der Waals surface area contributed by atoms with Crippen molar-refractivity contribution in [1.82, 2.24) is 30.1 Å². The van der Waals surface area contributed by atoms with E-state index in [9.17, 15) is 4.79 Å². The highest BCUT2D eigenvalue weighted by Crippen LogP contribution is 2.40. The Morgan fingerprint density at radius 3 is 2.57 bits per heavy atom. The number of rotatable bonds is 7. The van der Waals surface area contributed by atoms with E-state index in [1.54, 1.807) is 17.2 Å². The number of benzene rings is 2. The number of amides is 1. The van der Waals surface area contributed by atoms with Gasteiger partial charge in [0.15, 0.2) is 5.82 Å². The Morgan fingerprint density at radius 1 is 1.15 bits per heavy atom. The van der Waals surface area contributed by atoms with Crippen molar-refractivity contribution in [3.05, 3.63) is 66.1 Å². The normalized spacial score (nSPS) is 20.1. The molecule has 1 atom stereocenters. The standard InChI is InChI=1S/C33H34ClFN6O2.C3H7N/c1-3-26(42)40-17-12-22(19-40)39(2)31-24-18-36-29(23-10-4-8-21-9-5-11-25(34)27(21)23)28(35)30(24)37-32(38-31)43-20-33-13-6-15-41(33)16-7-14-33;1-2-4-3-1/h3-5,8-11,18,22H,1,6-7,12-17,19-20H2,2H3;4H,1-3H2. The third kappa shape index (κ3) is 6.03. The van der Waals surface area contributed by atoms with Crippen LogP contribution in [0.5, 0.6) is 6.01 Å². The predicted molar refractivity (Wildman–Crippen MR) is 185 cm³/mol. The number of nitrogens with one attached hydrogen (secondary N) is 1. The summed E-state index contributed by atoms with van der Waals surface area (Å²) in [7, 11) is 1.92. The highest BCUT2D eigenvalue weighted by atomic mass is 35.5. The zero-order chi connectivity index (χ0) is 32.5.